The van der Waals surface area contributed by atoms with Gasteiger partial charge in [-0.1, -0.05) is 37.3 Å². The van der Waals surface area contributed by atoms with Gasteiger partial charge in [-0.25, -0.2) is 4.98 Å². The van der Waals surface area contributed by atoms with Gasteiger partial charge < -0.3 is 5.32 Å². The molecule has 0 spiro atoms. The van der Waals surface area contributed by atoms with Crippen molar-refractivity contribution in [2.75, 3.05) is 5.32 Å². The fourth-order valence-corrected chi connectivity index (χ4v) is 2.50. The van der Waals surface area contributed by atoms with Gasteiger partial charge >= 0.3 is 0 Å². The Hall–Kier alpha value is -1.35. The number of rotatable bonds is 4. The summed E-state index contributed by atoms with van der Waals surface area (Å²) in [4.78, 5) is 5.87. The number of aryl methyl sites for hydroxylation is 2. The number of nitrogens with one attached hydrogen (secondary N) is 1. The number of hydrogen-bond acceptors (Lipinski definition) is 3. The maximum atomic E-state index is 4.50. The Labute approximate surface area is 100 Å². The van der Waals surface area contributed by atoms with Gasteiger partial charge in [0.2, 0.25) is 0 Å². The highest BCUT2D eigenvalue weighted by Gasteiger charge is 2.04. The molecule has 2 rings (SSSR count). The van der Waals surface area contributed by atoms with E-state index in [1.165, 1.54) is 10.4 Å². The van der Waals surface area contributed by atoms with Crippen LogP contribution in [0.2, 0.25) is 0 Å². The molecule has 1 heterocycles. The van der Waals surface area contributed by atoms with Gasteiger partial charge in [0.1, 0.15) is 0 Å². The highest BCUT2D eigenvalue weighted by atomic mass is 32.1. The number of thiazole rings is 1. The summed E-state index contributed by atoms with van der Waals surface area (Å²) in [5, 5.41) is 4.39. The average molecular weight is 232 g/mol. The van der Waals surface area contributed by atoms with Crippen LogP contribution in [-0.2, 0) is 13.0 Å². The second-order valence-corrected chi connectivity index (χ2v) is 4.80. The normalized spacial score (nSPS) is 10.4. The molecule has 0 saturated carbocycles. The Kier molecular flexibility index (Phi) is 3.57. The van der Waals surface area contributed by atoms with Crippen LogP contribution in [0.3, 0.4) is 0 Å². The second-order valence-electron chi connectivity index (χ2n) is 3.72. The minimum atomic E-state index is 0.844. The molecule has 0 aliphatic carbocycles. The molecule has 0 aliphatic rings. The smallest absolute Gasteiger partial charge is 0.183 e. The lowest BCUT2D eigenvalue weighted by atomic mass is 10.2. The van der Waals surface area contributed by atoms with Crippen LogP contribution in [0.1, 0.15) is 23.1 Å². The third-order valence-corrected chi connectivity index (χ3v) is 3.76. The summed E-state index contributed by atoms with van der Waals surface area (Å²) in [7, 11) is 0. The average Bonchev–Trinajstić information content (AvgIpc) is 2.69. The third kappa shape index (κ3) is 2.61. The molecule has 1 aromatic heterocycles. The van der Waals surface area contributed by atoms with Gasteiger partial charge in [0.05, 0.1) is 5.69 Å². The molecule has 0 fully saturated rings. The second kappa shape index (κ2) is 5.12. The van der Waals surface area contributed by atoms with Gasteiger partial charge in [0.15, 0.2) is 5.13 Å². The van der Waals surface area contributed by atoms with E-state index in [2.05, 4.69) is 48.4 Å². The molecule has 84 valence electrons. The summed E-state index contributed by atoms with van der Waals surface area (Å²) in [5.41, 5.74) is 2.44. The fourth-order valence-electron chi connectivity index (χ4n) is 1.61. The van der Waals surface area contributed by atoms with Crippen molar-refractivity contribution in [1.29, 1.82) is 0 Å². The number of benzene rings is 1. The SMILES string of the molecule is CCc1sc(NCc2ccccc2)nc1C. The molecule has 0 atom stereocenters. The molecule has 0 saturated heterocycles. The fraction of sp³-hybridized carbons (Fsp3) is 0.308. The number of nitrogens with zero attached hydrogens (tertiary/aromatic N) is 1. The maximum Gasteiger partial charge on any atom is 0.183 e. The Morgan fingerprint density at radius 2 is 2.00 bits per heavy atom. The predicted molar refractivity (Wildman–Crippen MR) is 70.0 cm³/mol. The van der Waals surface area contributed by atoms with Crippen LogP contribution >= 0.6 is 11.3 Å². The lowest BCUT2D eigenvalue weighted by molar-refractivity contribution is 1.09. The molecule has 0 unspecified atom stereocenters. The summed E-state index contributed by atoms with van der Waals surface area (Å²) < 4.78 is 0. The van der Waals surface area contributed by atoms with Crippen LogP contribution in [0.25, 0.3) is 0 Å². The molecule has 0 bridgehead atoms. The lowest BCUT2D eigenvalue weighted by Gasteiger charge is -2.01. The summed E-state index contributed by atoms with van der Waals surface area (Å²) in [6.07, 6.45) is 1.07. The summed E-state index contributed by atoms with van der Waals surface area (Å²) in [6.45, 7) is 5.08. The molecule has 3 heteroatoms. The predicted octanol–water partition coefficient (Wildman–Crippen LogP) is 3.63. The molecule has 0 radical (unpaired) electrons. The van der Waals surface area contributed by atoms with E-state index >= 15 is 0 Å². The molecule has 0 amide bonds. The van der Waals surface area contributed by atoms with E-state index in [4.69, 9.17) is 0 Å². The zero-order valence-corrected chi connectivity index (χ0v) is 10.5. The van der Waals surface area contributed by atoms with Crippen LogP contribution < -0.4 is 5.32 Å². The molecule has 0 aliphatic heterocycles. The molecular weight excluding hydrogens is 216 g/mol. The Morgan fingerprint density at radius 3 is 2.62 bits per heavy atom. The maximum absolute atomic E-state index is 4.50. The number of aromatic nitrogens is 1. The lowest BCUT2D eigenvalue weighted by Crippen LogP contribution is -1.98. The minimum Gasteiger partial charge on any atom is -0.357 e. The van der Waals surface area contributed by atoms with Crippen LogP contribution in [0.15, 0.2) is 30.3 Å². The molecule has 2 aromatic rings. The van der Waals surface area contributed by atoms with Crippen molar-refractivity contribution in [2.24, 2.45) is 0 Å². The van der Waals surface area contributed by atoms with Gasteiger partial charge in [0, 0.05) is 11.4 Å². The summed E-state index contributed by atoms with van der Waals surface area (Å²) in [5.74, 6) is 0. The topological polar surface area (TPSA) is 24.9 Å². The highest BCUT2D eigenvalue weighted by Crippen LogP contribution is 2.23. The van der Waals surface area contributed by atoms with Crippen molar-refractivity contribution in [3.05, 3.63) is 46.5 Å². The van der Waals surface area contributed by atoms with E-state index in [9.17, 15) is 0 Å². The van der Waals surface area contributed by atoms with Crippen LogP contribution in [0.4, 0.5) is 5.13 Å². The molecule has 1 N–H and O–H groups in total. The van der Waals surface area contributed by atoms with Crippen LogP contribution in [0.5, 0.6) is 0 Å². The zero-order valence-electron chi connectivity index (χ0n) is 9.66. The Balaban J connectivity index is 2.00. The van der Waals surface area contributed by atoms with Gasteiger partial charge in [-0.3, -0.25) is 0 Å². The first-order valence-corrected chi connectivity index (χ1v) is 6.35. The number of hydrogen-bond donors (Lipinski definition) is 1. The molecule has 16 heavy (non-hydrogen) atoms. The van der Waals surface area contributed by atoms with Crippen molar-refractivity contribution in [2.45, 2.75) is 26.8 Å². The van der Waals surface area contributed by atoms with E-state index in [0.717, 1.165) is 23.8 Å². The first-order chi connectivity index (χ1) is 7.79. The van der Waals surface area contributed by atoms with Crippen LogP contribution in [-0.4, -0.2) is 4.98 Å². The van der Waals surface area contributed by atoms with E-state index in [0.29, 0.717) is 0 Å². The largest absolute Gasteiger partial charge is 0.357 e. The molecule has 1 aromatic carbocycles. The van der Waals surface area contributed by atoms with Crippen LogP contribution in [0, 0.1) is 6.92 Å². The Bertz CT molecular complexity index is 448. The van der Waals surface area contributed by atoms with Crippen molar-refractivity contribution in [3.63, 3.8) is 0 Å². The van der Waals surface area contributed by atoms with E-state index in [1.807, 2.05) is 6.07 Å². The van der Waals surface area contributed by atoms with Gasteiger partial charge in [-0.2, -0.15) is 0 Å². The highest BCUT2D eigenvalue weighted by molar-refractivity contribution is 7.15. The first kappa shape index (κ1) is 11.1. The van der Waals surface area contributed by atoms with Gasteiger partial charge in [0.25, 0.3) is 0 Å². The summed E-state index contributed by atoms with van der Waals surface area (Å²) >= 11 is 1.76. The summed E-state index contributed by atoms with van der Waals surface area (Å²) in [6, 6.07) is 10.4. The van der Waals surface area contributed by atoms with Crippen molar-refractivity contribution < 1.29 is 0 Å². The third-order valence-electron chi connectivity index (χ3n) is 2.50. The van der Waals surface area contributed by atoms with Crippen molar-refractivity contribution >= 4 is 16.5 Å². The number of anilines is 1. The minimum absolute atomic E-state index is 0.844. The first-order valence-electron chi connectivity index (χ1n) is 5.53. The zero-order chi connectivity index (χ0) is 11.4. The quantitative estimate of drug-likeness (QED) is 0.870. The van der Waals surface area contributed by atoms with Gasteiger partial charge in [-0.15, -0.1) is 11.3 Å². The Morgan fingerprint density at radius 1 is 1.25 bits per heavy atom. The van der Waals surface area contributed by atoms with E-state index in [1.54, 1.807) is 11.3 Å². The monoisotopic (exact) mass is 232 g/mol. The molecule has 2 nitrogen and oxygen atoms in total. The van der Waals surface area contributed by atoms with E-state index in [-0.39, 0.29) is 0 Å². The van der Waals surface area contributed by atoms with E-state index < -0.39 is 0 Å². The van der Waals surface area contributed by atoms with Crippen molar-refractivity contribution in [3.8, 4) is 0 Å². The standard InChI is InChI=1S/C13H16N2S/c1-3-12-10(2)15-13(16-12)14-9-11-7-5-4-6-8-11/h4-8H,3,9H2,1-2H3,(H,14,15). The van der Waals surface area contributed by atoms with Crippen molar-refractivity contribution in [1.82, 2.24) is 4.98 Å². The van der Waals surface area contributed by atoms with Gasteiger partial charge in [-0.05, 0) is 18.9 Å². The molecular formula is C13H16N2S.